The van der Waals surface area contributed by atoms with Crippen molar-refractivity contribution in [2.45, 2.75) is 44.0 Å². The van der Waals surface area contributed by atoms with Crippen LogP contribution in [0.2, 0.25) is 0 Å². The van der Waals surface area contributed by atoms with Gasteiger partial charge in [0, 0.05) is 25.4 Å². The molecule has 172 valence electrons. The largest absolute Gasteiger partial charge is 0.249 e. The SMILES string of the molecule is CC(C)N(P(c1ccccc1)c1ccccc1)P1[C@H](c2ccccc2)CC[C@H]1c1ccccc1. The van der Waals surface area contributed by atoms with Gasteiger partial charge in [-0.1, -0.05) is 121 Å². The third kappa shape index (κ3) is 4.89. The molecular weight excluding hydrogens is 448 g/mol. The third-order valence-corrected chi connectivity index (χ3v) is 13.6. The van der Waals surface area contributed by atoms with Crippen LogP contribution in [-0.2, 0) is 0 Å². The molecule has 4 aromatic rings. The molecule has 0 radical (unpaired) electrons. The van der Waals surface area contributed by atoms with Gasteiger partial charge >= 0.3 is 0 Å². The average Bonchev–Trinajstić information content (AvgIpc) is 3.33. The summed E-state index contributed by atoms with van der Waals surface area (Å²) in [6.45, 7) is 4.82. The van der Waals surface area contributed by atoms with Gasteiger partial charge < -0.3 is 0 Å². The van der Waals surface area contributed by atoms with Crippen LogP contribution < -0.4 is 10.6 Å². The molecule has 0 N–H and O–H groups in total. The van der Waals surface area contributed by atoms with Crippen LogP contribution >= 0.6 is 16.1 Å². The van der Waals surface area contributed by atoms with Crippen molar-refractivity contribution in [3.8, 4) is 0 Å². The Hall–Kier alpha value is -2.30. The first-order valence-electron chi connectivity index (χ1n) is 12.3. The second-order valence-electron chi connectivity index (χ2n) is 9.21. The molecule has 0 bridgehead atoms. The van der Waals surface area contributed by atoms with E-state index < -0.39 is 16.1 Å². The fraction of sp³-hybridized carbons (Fsp3) is 0.226. The molecule has 1 fully saturated rings. The van der Waals surface area contributed by atoms with Crippen molar-refractivity contribution in [2.75, 3.05) is 0 Å². The van der Waals surface area contributed by atoms with Gasteiger partial charge in [-0.2, -0.15) is 0 Å². The summed E-state index contributed by atoms with van der Waals surface area (Å²) in [6, 6.07) is 45.5. The Bertz CT molecular complexity index is 1060. The molecule has 0 aliphatic carbocycles. The molecule has 3 heteroatoms. The lowest BCUT2D eigenvalue weighted by Gasteiger charge is -2.45. The van der Waals surface area contributed by atoms with E-state index >= 15 is 0 Å². The predicted molar refractivity (Wildman–Crippen MR) is 151 cm³/mol. The zero-order valence-corrected chi connectivity index (χ0v) is 21.8. The summed E-state index contributed by atoms with van der Waals surface area (Å²) in [5.41, 5.74) is 4.19. The van der Waals surface area contributed by atoms with Crippen molar-refractivity contribution in [3.05, 3.63) is 132 Å². The van der Waals surface area contributed by atoms with Crippen LogP contribution in [0, 0.1) is 0 Å². The lowest BCUT2D eigenvalue weighted by atomic mass is 10.0. The molecule has 1 aliphatic heterocycles. The molecular formula is C31H33NP2. The van der Waals surface area contributed by atoms with Gasteiger partial charge in [0.15, 0.2) is 0 Å². The van der Waals surface area contributed by atoms with E-state index in [1.54, 1.807) is 0 Å². The highest BCUT2D eigenvalue weighted by Gasteiger charge is 2.45. The maximum absolute atomic E-state index is 2.96. The number of hydrogen-bond donors (Lipinski definition) is 0. The quantitative estimate of drug-likeness (QED) is 0.240. The van der Waals surface area contributed by atoms with Crippen LogP contribution in [0.1, 0.15) is 49.1 Å². The summed E-state index contributed by atoms with van der Waals surface area (Å²) < 4.78 is 2.96. The Kier molecular flexibility index (Phi) is 7.56. The second-order valence-corrected chi connectivity index (χ2v) is 14.0. The highest BCUT2D eigenvalue weighted by Crippen LogP contribution is 2.76. The molecule has 0 saturated carbocycles. The summed E-state index contributed by atoms with van der Waals surface area (Å²) in [6.07, 6.45) is 2.51. The Balaban J connectivity index is 1.67. The lowest BCUT2D eigenvalue weighted by molar-refractivity contribution is 0.569. The maximum Gasteiger partial charge on any atom is 0.0321 e. The highest BCUT2D eigenvalue weighted by atomic mass is 31.2. The molecule has 1 saturated heterocycles. The molecule has 1 heterocycles. The van der Waals surface area contributed by atoms with Crippen molar-refractivity contribution in [1.82, 2.24) is 4.44 Å². The molecule has 5 rings (SSSR count). The first-order chi connectivity index (χ1) is 16.7. The zero-order valence-electron chi connectivity index (χ0n) is 20.0. The van der Waals surface area contributed by atoms with Gasteiger partial charge in [0.2, 0.25) is 0 Å². The fourth-order valence-electron chi connectivity index (χ4n) is 5.20. The Morgan fingerprint density at radius 1 is 0.588 bits per heavy atom. The van der Waals surface area contributed by atoms with Crippen LogP contribution in [0.15, 0.2) is 121 Å². The average molecular weight is 482 g/mol. The summed E-state index contributed by atoms with van der Waals surface area (Å²) in [5.74, 6) is 0. The Morgan fingerprint density at radius 2 is 0.941 bits per heavy atom. The minimum absolute atomic E-state index is 0.452. The molecule has 1 nitrogen and oxygen atoms in total. The minimum Gasteiger partial charge on any atom is -0.249 e. The van der Waals surface area contributed by atoms with Crippen LogP contribution in [-0.4, -0.2) is 10.5 Å². The number of hydrogen-bond acceptors (Lipinski definition) is 1. The van der Waals surface area contributed by atoms with Crippen molar-refractivity contribution in [2.24, 2.45) is 0 Å². The predicted octanol–water partition coefficient (Wildman–Crippen LogP) is 8.42. The molecule has 2 atom stereocenters. The number of rotatable bonds is 7. The van der Waals surface area contributed by atoms with E-state index in [-0.39, 0.29) is 0 Å². The highest BCUT2D eigenvalue weighted by molar-refractivity contribution is 7.79. The lowest BCUT2D eigenvalue weighted by Crippen LogP contribution is -2.31. The Labute approximate surface area is 207 Å². The normalized spacial score (nSPS) is 18.7. The first kappa shape index (κ1) is 23.4. The molecule has 34 heavy (non-hydrogen) atoms. The molecule has 0 spiro atoms. The first-order valence-corrected chi connectivity index (χ1v) is 15.0. The molecule has 1 aliphatic rings. The molecule has 0 amide bonds. The van der Waals surface area contributed by atoms with Gasteiger partial charge in [0.05, 0.1) is 0 Å². The van der Waals surface area contributed by atoms with Crippen LogP contribution in [0.5, 0.6) is 0 Å². The summed E-state index contributed by atoms with van der Waals surface area (Å²) in [7, 11) is -1.09. The fourth-order valence-corrected chi connectivity index (χ4v) is 12.9. The van der Waals surface area contributed by atoms with E-state index in [4.69, 9.17) is 0 Å². The molecule has 0 unspecified atom stereocenters. The van der Waals surface area contributed by atoms with Crippen LogP contribution in [0.3, 0.4) is 0 Å². The second kappa shape index (κ2) is 11.0. The standard InChI is InChI=1S/C31H33NP2/c1-25(2)32(33(28-19-11-5-12-20-28)29-21-13-6-14-22-29)34-30(26-15-7-3-8-16-26)23-24-31(34)27-17-9-4-10-18-27/h3-22,25,30-31H,23-24H2,1-2H3/t30-,31-/m0/s1. The van der Waals surface area contributed by atoms with Gasteiger partial charge in [-0.25, -0.2) is 4.44 Å². The smallest absolute Gasteiger partial charge is 0.0321 e. The van der Waals surface area contributed by atoms with E-state index in [1.165, 1.54) is 34.6 Å². The molecule has 0 aromatic heterocycles. The van der Waals surface area contributed by atoms with Crippen molar-refractivity contribution in [3.63, 3.8) is 0 Å². The van der Waals surface area contributed by atoms with Gasteiger partial charge in [-0.15, -0.1) is 0 Å². The number of benzene rings is 4. The van der Waals surface area contributed by atoms with Gasteiger partial charge in [0.25, 0.3) is 0 Å². The topological polar surface area (TPSA) is 3.24 Å². The third-order valence-electron chi connectivity index (χ3n) is 6.63. The van der Waals surface area contributed by atoms with E-state index in [1.807, 2.05) is 0 Å². The zero-order chi connectivity index (χ0) is 23.3. The van der Waals surface area contributed by atoms with Crippen molar-refractivity contribution < 1.29 is 0 Å². The number of nitrogens with zero attached hydrogens (tertiary/aromatic N) is 1. The van der Waals surface area contributed by atoms with Crippen LogP contribution in [0.25, 0.3) is 0 Å². The van der Waals surface area contributed by atoms with Crippen LogP contribution in [0.4, 0.5) is 0 Å². The van der Waals surface area contributed by atoms with E-state index in [0.717, 1.165) is 0 Å². The van der Waals surface area contributed by atoms with Crippen molar-refractivity contribution >= 4 is 26.8 Å². The van der Waals surface area contributed by atoms with Gasteiger partial charge in [-0.05, 0) is 56.5 Å². The Morgan fingerprint density at radius 3 is 1.29 bits per heavy atom. The summed E-state index contributed by atoms with van der Waals surface area (Å²) >= 11 is 0. The maximum atomic E-state index is 2.96. The van der Waals surface area contributed by atoms with Gasteiger partial charge in [0.1, 0.15) is 0 Å². The summed E-state index contributed by atoms with van der Waals surface area (Å²) in [5, 5.41) is 2.90. The minimum atomic E-state index is -0.637. The van der Waals surface area contributed by atoms with Crippen molar-refractivity contribution in [1.29, 1.82) is 0 Å². The molecule has 4 aromatic carbocycles. The van der Waals surface area contributed by atoms with Gasteiger partial charge in [-0.3, -0.25) is 0 Å². The van der Waals surface area contributed by atoms with E-state index in [9.17, 15) is 0 Å². The van der Waals surface area contributed by atoms with E-state index in [2.05, 4.69) is 140 Å². The van der Waals surface area contributed by atoms with E-state index in [0.29, 0.717) is 17.4 Å². The summed E-state index contributed by atoms with van der Waals surface area (Å²) in [4.78, 5) is 0. The monoisotopic (exact) mass is 481 g/mol.